The van der Waals surface area contributed by atoms with Crippen LogP contribution in [0.5, 0.6) is 0 Å². The number of hydrogen-bond donors (Lipinski definition) is 3. The molecule has 4 rings (SSSR count). The molecule has 3 aromatic rings. The van der Waals surface area contributed by atoms with Gasteiger partial charge in [-0.2, -0.15) is 5.10 Å². The zero-order chi connectivity index (χ0) is 18.9. The smallest absolute Gasteiger partial charge is 0.208 e. The second-order valence-electron chi connectivity index (χ2n) is 6.34. The maximum Gasteiger partial charge on any atom is 0.208 e. The molecule has 0 fully saturated rings. The van der Waals surface area contributed by atoms with Crippen LogP contribution in [0, 0.1) is 0 Å². The van der Waals surface area contributed by atoms with E-state index in [4.69, 9.17) is 0 Å². The Morgan fingerprint density at radius 2 is 1.93 bits per heavy atom. The van der Waals surface area contributed by atoms with E-state index in [1.165, 1.54) is 12.3 Å². The summed E-state index contributed by atoms with van der Waals surface area (Å²) in [4.78, 5) is 6.45. The molecule has 0 radical (unpaired) electrons. The van der Waals surface area contributed by atoms with E-state index in [2.05, 4.69) is 20.5 Å². The highest BCUT2D eigenvalue weighted by molar-refractivity contribution is 7.91. The van der Waals surface area contributed by atoms with Gasteiger partial charge in [0.25, 0.3) is 0 Å². The second kappa shape index (κ2) is 7.20. The predicted octanol–water partition coefficient (Wildman–Crippen LogP) is 1.02. The van der Waals surface area contributed by atoms with Crippen molar-refractivity contribution >= 4 is 9.84 Å². The highest BCUT2D eigenvalue weighted by Crippen LogP contribution is 2.21. The van der Waals surface area contributed by atoms with Crippen LogP contribution in [0.2, 0.25) is 0 Å². The maximum absolute atomic E-state index is 12.6. The van der Waals surface area contributed by atoms with Gasteiger partial charge in [-0.1, -0.05) is 18.2 Å². The van der Waals surface area contributed by atoms with Crippen molar-refractivity contribution in [2.75, 3.05) is 0 Å². The van der Waals surface area contributed by atoms with Crippen LogP contribution in [-0.2, 0) is 29.5 Å². The molecule has 0 spiro atoms. The SMILES string of the molecule is O=S(=O)(c1ccccc1)c1ccc(CNC(O)N2Cc3cn[nH]c3C2)nc1. The fourth-order valence-electron chi connectivity index (χ4n) is 3.00. The monoisotopic (exact) mass is 385 g/mol. The Hall–Kier alpha value is -2.59. The van der Waals surface area contributed by atoms with Gasteiger partial charge in [0, 0.05) is 31.4 Å². The molecule has 3 heterocycles. The van der Waals surface area contributed by atoms with Crippen molar-refractivity contribution in [3.63, 3.8) is 0 Å². The predicted molar refractivity (Wildman–Crippen MR) is 96.8 cm³/mol. The van der Waals surface area contributed by atoms with Gasteiger partial charge in [0.1, 0.15) is 0 Å². The maximum atomic E-state index is 12.6. The lowest BCUT2D eigenvalue weighted by atomic mass is 10.3. The summed E-state index contributed by atoms with van der Waals surface area (Å²) in [5.41, 5.74) is 2.72. The summed E-state index contributed by atoms with van der Waals surface area (Å²) >= 11 is 0. The number of sulfone groups is 1. The Bertz CT molecular complexity index is 998. The van der Waals surface area contributed by atoms with Crippen LogP contribution in [0.4, 0.5) is 0 Å². The average Bonchev–Trinajstić information content (AvgIpc) is 3.29. The molecule has 0 saturated heterocycles. The lowest BCUT2D eigenvalue weighted by molar-refractivity contribution is -0.0279. The van der Waals surface area contributed by atoms with Crippen LogP contribution >= 0.6 is 0 Å². The lowest BCUT2D eigenvalue weighted by Crippen LogP contribution is -2.42. The number of aromatic nitrogens is 3. The van der Waals surface area contributed by atoms with Crippen LogP contribution in [0.1, 0.15) is 17.0 Å². The third-order valence-corrected chi connectivity index (χ3v) is 6.27. The Labute approximate surface area is 156 Å². The van der Waals surface area contributed by atoms with Gasteiger partial charge >= 0.3 is 0 Å². The van der Waals surface area contributed by atoms with E-state index in [1.807, 2.05) is 4.90 Å². The molecule has 140 valence electrons. The molecule has 1 aromatic carbocycles. The van der Waals surface area contributed by atoms with E-state index in [9.17, 15) is 13.5 Å². The highest BCUT2D eigenvalue weighted by atomic mass is 32.2. The third kappa shape index (κ3) is 3.62. The normalized spacial score (nSPS) is 15.6. The zero-order valence-electron chi connectivity index (χ0n) is 14.4. The number of H-pyrrole nitrogens is 1. The topological polar surface area (TPSA) is 111 Å². The van der Waals surface area contributed by atoms with E-state index < -0.39 is 16.2 Å². The first-order chi connectivity index (χ1) is 13.0. The zero-order valence-corrected chi connectivity index (χ0v) is 15.2. The van der Waals surface area contributed by atoms with Crippen molar-refractivity contribution in [1.29, 1.82) is 0 Å². The third-order valence-electron chi connectivity index (χ3n) is 4.52. The second-order valence-corrected chi connectivity index (χ2v) is 8.28. The number of aliphatic hydroxyl groups is 1. The molecule has 1 atom stereocenters. The van der Waals surface area contributed by atoms with Gasteiger partial charge in [0.05, 0.1) is 27.4 Å². The van der Waals surface area contributed by atoms with Crippen molar-refractivity contribution in [2.24, 2.45) is 0 Å². The summed E-state index contributed by atoms with van der Waals surface area (Å²) < 4.78 is 25.1. The molecule has 8 nitrogen and oxygen atoms in total. The standard InChI is InChI=1S/C18H19N5O3S/c24-18(23-11-13-8-21-22-17(13)12-23)20-9-14-6-7-16(10-19-14)27(25,26)15-4-2-1-3-5-15/h1-8,10,18,20,24H,9,11-12H2,(H,21,22). The fraction of sp³-hybridized carbons (Fsp3) is 0.222. The number of nitrogens with zero attached hydrogens (tertiary/aromatic N) is 3. The van der Waals surface area contributed by atoms with Gasteiger partial charge < -0.3 is 5.11 Å². The first kappa shape index (κ1) is 17.8. The molecular weight excluding hydrogens is 366 g/mol. The van der Waals surface area contributed by atoms with Crippen molar-refractivity contribution in [1.82, 2.24) is 25.4 Å². The van der Waals surface area contributed by atoms with Crippen LogP contribution in [0.3, 0.4) is 0 Å². The number of hydrogen-bond acceptors (Lipinski definition) is 7. The molecule has 1 aliphatic heterocycles. The summed E-state index contributed by atoms with van der Waals surface area (Å²) in [6.07, 6.45) is 2.27. The molecule has 2 aromatic heterocycles. The summed E-state index contributed by atoms with van der Waals surface area (Å²) in [6, 6.07) is 11.4. The molecule has 1 aliphatic rings. The van der Waals surface area contributed by atoms with E-state index >= 15 is 0 Å². The Morgan fingerprint density at radius 1 is 1.11 bits per heavy atom. The number of fused-ring (bicyclic) bond motifs is 1. The van der Waals surface area contributed by atoms with Gasteiger partial charge in [-0.25, -0.2) is 8.42 Å². The average molecular weight is 385 g/mol. The number of rotatable bonds is 6. The number of aliphatic hydroxyl groups excluding tert-OH is 1. The number of pyridine rings is 1. The minimum Gasteiger partial charge on any atom is -0.365 e. The quantitative estimate of drug-likeness (QED) is 0.543. The van der Waals surface area contributed by atoms with Gasteiger partial charge in [0.15, 0.2) is 6.35 Å². The van der Waals surface area contributed by atoms with Gasteiger partial charge in [-0.3, -0.25) is 20.3 Å². The molecule has 0 saturated carbocycles. The van der Waals surface area contributed by atoms with Crippen molar-refractivity contribution in [3.05, 3.63) is 71.8 Å². The van der Waals surface area contributed by atoms with E-state index in [0.29, 0.717) is 25.3 Å². The van der Waals surface area contributed by atoms with Crippen molar-refractivity contribution in [3.8, 4) is 0 Å². The molecule has 1 unspecified atom stereocenters. The first-order valence-electron chi connectivity index (χ1n) is 8.46. The van der Waals surface area contributed by atoms with Crippen LogP contribution in [0.15, 0.2) is 64.6 Å². The highest BCUT2D eigenvalue weighted by Gasteiger charge is 2.25. The summed E-state index contributed by atoms with van der Waals surface area (Å²) in [6.45, 7) is 1.52. The summed E-state index contributed by atoms with van der Waals surface area (Å²) in [5, 5.41) is 20.2. The fourth-order valence-corrected chi connectivity index (χ4v) is 4.22. The van der Waals surface area contributed by atoms with Crippen molar-refractivity contribution < 1.29 is 13.5 Å². The lowest BCUT2D eigenvalue weighted by Gasteiger charge is -2.23. The van der Waals surface area contributed by atoms with Gasteiger partial charge in [-0.15, -0.1) is 0 Å². The van der Waals surface area contributed by atoms with E-state index in [0.717, 1.165) is 11.3 Å². The van der Waals surface area contributed by atoms with Crippen LogP contribution in [0.25, 0.3) is 0 Å². The summed E-state index contributed by atoms with van der Waals surface area (Å²) in [7, 11) is -3.57. The first-order valence-corrected chi connectivity index (χ1v) is 9.94. The minimum absolute atomic E-state index is 0.142. The molecule has 9 heteroatoms. The number of aromatic amines is 1. The van der Waals surface area contributed by atoms with Gasteiger partial charge in [0.2, 0.25) is 9.84 Å². The Morgan fingerprint density at radius 3 is 2.63 bits per heavy atom. The van der Waals surface area contributed by atoms with Crippen LogP contribution in [-0.4, -0.2) is 40.0 Å². The van der Waals surface area contributed by atoms with E-state index in [-0.39, 0.29) is 9.79 Å². The molecular formula is C18H19N5O3S. The van der Waals surface area contributed by atoms with Crippen LogP contribution < -0.4 is 5.32 Å². The molecule has 0 amide bonds. The Balaban J connectivity index is 1.38. The Kier molecular flexibility index (Phi) is 4.75. The minimum atomic E-state index is -3.57. The number of nitrogens with one attached hydrogen (secondary N) is 2. The van der Waals surface area contributed by atoms with Crippen molar-refractivity contribution in [2.45, 2.75) is 35.8 Å². The largest absolute Gasteiger partial charge is 0.365 e. The number of benzene rings is 1. The molecule has 0 bridgehead atoms. The molecule has 27 heavy (non-hydrogen) atoms. The molecule has 0 aliphatic carbocycles. The van der Waals surface area contributed by atoms with Gasteiger partial charge in [-0.05, 0) is 24.3 Å². The summed E-state index contributed by atoms with van der Waals surface area (Å²) in [5.74, 6) is 0. The van der Waals surface area contributed by atoms with E-state index in [1.54, 1.807) is 42.6 Å². The molecule has 3 N–H and O–H groups in total.